The SMILES string of the molecule is C/C=C(/C(=O)OC)N1CCSC1=Nc1c(Cl)cccc1Cl. The number of esters is 1. The summed E-state index contributed by atoms with van der Waals surface area (Å²) in [6, 6.07) is 5.22. The Morgan fingerprint density at radius 3 is 2.67 bits per heavy atom. The molecule has 21 heavy (non-hydrogen) atoms. The minimum absolute atomic E-state index is 0.391. The van der Waals surface area contributed by atoms with E-state index in [0.717, 1.165) is 5.75 Å². The zero-order valence-corrected chi connectivity index (χ0v) is 13.9. The van der Waals surface area contributed by atoms with Gasteiger partial charge in [0.15, 0.2) is 5.17 Å². The van der Waals surface area contributed by atoms with E-state index in [4.69, 9.17) is 27.9 Å². The van der Waals surface area contributed by atoms with E-state index in [0.29, 0.717) is 33.1 Å². The molecule has 0 unspecified atom stereocenters. The lowest BCUT2D eigenvalue weighted by molar-refractivity contribution is -0.137. The van der Waals surface area contributed by atoms with Gasteiger partial charge in [-0.05, 0) is 19.1 Å². The van der Waals surface area contributed by atoms with Gasteiger partial charge in [-0.15, -0.1) is 0 Å². The van der Waals surface area contributed by atoms with Crippen LogP contribution in [0, 0.1) is 0 Å². The number of benzene rings is 1. The summed E-state index contributed by atoms with van der Waals surface area (Å²) in [4.78, 5) is 18.1. The van der Waals surface area contributed by atoms with Gasteiger partial charge in [0.1, 0.15) is 11.4 Å². The molecule has 1 saturated heterocycles. The first-order valence-electron chi connectivity index (χ1n) is 6.26. The Morgan fingerprint density at radius 2 is 2.10 bits per heavy atom. The highest BCUT2D eigenvalue weighted by atomic mass is 35.5. The number of hydrogen-bond acceptors (Lipinski definition) is 4. The highest BCUT2D eigenvalue weighted by Crippen LogP contribution is 2.35. The minimum atomic E-state index is -0.391. The van der Waals surface area contributed by atoms with E-state index in [1.54, 1.807) is 43.0 Å². The number of hydrogen-bond donors (Lipinski definition) is 0. The fourth-order valence-electron chi connectivity index (χ4n) is 1.90. The summed E-state index contributed by atoms with van der Waals surface area (Å²) < 4.78 is 4.80. The van der Waals surface area contributed by atoms with E-state index in [1.165, 1.54) is 7.11 Å². The number of methoxy groups -OCH3 is 1. The molecule has 112 valence electrons. The Kier molecular flexibility index (Phi) is 5.56. The smallest absolute Gasteiger partial charge is 0.354 e. The average molecular weight is 345 g/mol. The first-order valence-corrected chi connectivity index (χ1v) is 8.00. The van der Waals surface area contributed by atoms with Crippen LogP contribution in [0.3, 0.4) is 0 Å². The minimum Gasteiger partial charge on any atom is -0.464 e. The highest BCUT2D eigenvalue weighted by molar-refractivity contribution is 8.14. The number of carbonyl (C=O) groups is 1. The lowest BCUT2D eigenvalue weighted by Crippen LogP contribution is -2.29. The molecule has 1 aromatic carbocycles. The van der Waals surface area contributed by atoms with Gasteiger partial charge in [-0.25, -0.2) is 9.79 Å². The molecular weight excluding hydrogens is 331 g/mol. The third kappa shape index (κ3) is 3.54. The van der Waals surface area contributed by atoms with Crippen LogP contribution < -0.4 is 0 Å². The van der Waals surface area contributed by atoms with Crippen molar-refractivity contribution in [1.82, 2.24) is 4.90 Å². The molecule has 0 N–H and O–H groups in total. The second-order valence-corrected chi connectivity index (χ2v) is 6.01. The molecule has 0 spiro atoms. The predicted octanol–water partition coefficient (Wildman–Crippen LogP) is 4.11. The Morgan fingerprint density at radius 1 is 1.43 bits per heavy atom. The fraction of sp³-hybridized carbons (Fsp3) is 0.286. The van der Waals surface area contributed by atoms with Crippen LogP contribution in [0.15, 0.2) is 35.0 Å². The van der Waals surface area contributed by atoms with Crippen LogP contribution in [-0.4, -0.2) is 35.4 Å². The van der Waals surface area contributed by atoms with Crippen molar-refractivity contribution >= 4 is 51.8 Å². The van der Waals surface area contributed by atoms with Crippen molar-refractivity contribution in [2.75, 3.05) is 19.4 Å². The third-order valence-corrected chi connectivity index (χ3v) is 4.45. The monoisotopic (exact) mass is 344 g/mol. The van der Waals surface area contributed by atoms with Gasteiger partial charge in [0.25, 0.3) is 0 Å². The molecule has 0 amide bonds. The maximum atomic E-state index is 11.8. The van der Waals surface area contributed by atoms with Crippen molar-refractivity contribution in [1.29, 1.82) is 0 Å². The normalized spacial score (nSPS) is 17.4. The van der Waals surface area contributed by atoms with Crippen LogP contribution in [0.2, 0.25) is 10.0 Å². The molecule has 0 bridgehead atoms. The number of amidine groups is 1. The first-order chi connectivity index (χ1) is 10.1. The van der Waals surface area contributed by atoms with E-state index in [9.17, 15) is 4.79 Å². The highest BCUT2D eigenvalue weighted by Gasteiger charge is 2.27. The van der Waals surface area contributed by atoms with Crippen LogP contribution in [0.4, 0.5) is 5.69 Å². The van der Waals surface area contributed by atoms with Gasteiger partial charge in [0.2, 0.25) is 0 Å². The number of aliphatic imine (C=N–C) groups is 1. The van der Waals surface area contributed by atoms with Gasteiger partial charge in [-0.3, -0.25) is 0 Å². The largest absolute Gasteiger partial charge is 0.464 e. The topological polar surface area (TPSA) is 41.9 Å². The van der Waals surface area contributed by atoms with E-state index in [1.807, 2.05) is 4.90 Å². The molecule has 0 aromatic heterocycles. The summed E-state index contributed by atoms with van der Waals surface area (Å²) in [5, 5.41) is 1.63. The second kappa shape index (κ2) is 7.20. The molecule has 4 nitrogen and oxygen atoms in total. The van der Waals surface area contributed by atoms with Gasteiger partial charge in [-0.1, -0.05) is 47.1 Å². The molecule has 1 aliphatic heterocycles. The van der Waals surface area contributed by atoms with Crippen molar-refractivity contribution in [3.63, 3.8) is 0 Å². The summed E-state index contributed by atoms with van der Waals surface area (Å²) in [5.41, 5.74) is 0.972. The third-order valence-electron chi connectivity index (χ3n) is 2.88. The summed E-state index contributed by atoms with van der Waals surface area (Å²) in [6.07, 6.45) is 1.71. The number of rotatable bonds is 3. The van der Waals surface area contributed by atoms with Crippen LogP contribution in [0.1, 0.15) is 6.92 Å². The molecule has 1 aliphatic rings. The quantitative estimate of drug-likeness (QED) is 0.611. The van der Waals surface area contributed by atoms with Gasteiger partial charge >= 0.3 is 5.97 Å². The van der Waals surface area contributed by atoms with Crippen LogP contribution in [0.5, 0.6) is 0 Å². The van der Waals surface area contributed by atoms with Gasteiger partial charge < -0.3 is 9.64 Å². The summed E-state index contributed by atoms with van der Waals surface area (Å²) in [7, 11) is 1.36. The molecule has 1 aromatic rings. The molecular formula is C14H14Cl2N2O2S. The Labute approximate surface area is 137 Å². The lowest BCUT2D eigenvalue weighted by Gasteiger charge is -2.19. The van der Waals surface area contributed by atoms with Crippen LogP contribution >= 0.6 is 35.0 Å². The molecule has 1 fully saturated rings. The standard InChI is InChI=1S/C14H14Cl2N2O2S/c1-3-11(13(19)20-2)18-7-8-21-14(18)17-12-9(15)5-4-6-10(12)16/h3-6H,7-8H2,1-2H3/b11-3-,17-14?. The summed E-state index contributed by atoms with van der Waals surface area (Å²) in [6.45, 7) is 2.47. The Balaban J connectivity index is 2.39. The van der Waals surface area contributed by atoms with E-state index in [2.05, 4.69) is 4.99 Å². The van der Waals surface area contributed by atoms with Crippen molar-refractivity contribution in [3.05, 3.63) is 40.0 Å². The Bertz CT molecular complexity index is 597. The van der Waals surface area contributed by atoms with Crippen molar-refractivity contribution in [2.45, 2.75) is 6.92 Å². The summed E-state index contributed by atoms with van der Waals surface area (Å²) in [5.74, 6) is 0.438. The molecule has 7 heteroatoms. The van der Waals surface area contributed by atoms with Gasteiger partial charge in [-0.2, -0.15) is 0 Å². The second-order valence-electron chi connectivity index (χ2n) is 4.13. The lowest BCUT2D eigenvalue weighted by atomic mass is 10.3. The van der Waals surface area contributed by atoms with Crippen molar-refractivity contribution < 1.29 is 9.53 Å². The van der Waals surface area contributed by atoms with Crippen molar-refractivity contribution in [2.24, 2.45) is 4.99 Å². The number of halogens is 2. The number of thioether (sulfide) groups is 1. The maximum Gasteiger partial charge on any atom is 0.354 e. The number of para-hydroxylation sites is 1. The van der Waals surface area contributed by atoms with Gasteiger partial charge in [0.05, 0.1) is 17.2 Å². The molecule has 0 saturated carbocycles. The van der Waals surface area contributed by atoms with E-state index in [-0.39, 0.29) is 0 Å². The number of ether oxygens (including phenoxy) is 1. The Hall–Kier alpha value is -1.17. The zero-order chi connectivity index (χ0) is 15.4. The molecule has 0 aliphatic carbocycles. The number of carbonyl (C=O) groups excluding carboxylic acids is 1. The zero-order valence-electron chi connectivity index (χ0n) is 11.6. The van der Waals surface area contributed by atoms with Crippen LogP contribution in [0.25, 0.3) is 0 Å². The van der Waals surface area contributed by atoms with Gasteiger partial charge in [0, 0.05) is 12.3 Å². The average Bonchev–Trinajstić information content (AvgIpc) is 2.92. The first kappa shape index (κ1) is 16.2. The fourth-order valence-corrected chi connectivity index (χ4v) is 3.34. The maximum absolute atomic E-state index is 11.8. The molecule has 0 atom stereocenters. The van der Waals surface area contributed by atoms with Crippen LogP contribution in [-0.2, 0) is 9.53 Å². The van der Waals surface area contributed by atoms with E-state index < -0.39 is 5.97 Å². The number of allylic oxidation sites excluding steroid dienone is 1. The van der Waals surface area contributed by atoms with E-state index >= 15 is 0 Å². The molecule has 0 radical (unpaired) electrons. The molecule has 2 rings (SSSR count). The summed E-state index contributed by atoms with van der Waals surface area (Å²) >= 11 is 13.8. The number of nitrogens with zero attached hydrogens (tertiary/aromatic N) is 2. The molecule has 1 heterocycles. The van der Waals surface area contributed by atoms with Crippen molar-refractivity contribution in [3.8, 4) is 0 Å². The predicted molar refractivity (Wildman–Crippen MR) is 88.5 cm³/mol.